The number of hydrogen-bond acceptors (Lipinski definition) is 3. The van der Waals surface area contributed by atoms with Gasteiger partial charge in [-0.3, -0.25) is 4.79 Å². The van der Waals surface area contributed by atoms with E-state index >= 15 is 0 Å². The number of carbonyl (C=O) groups excluding carboxylic acids is 2. The molecule has 0 unspecified atom stereocenters. The van der Waals surface area contributed by atoms with Crippen LogP contribution in [0.2, 0.25) is 0 Å². The normalized spacial score (nSPS) is 11.7. The number of fused-ring (bicyclic) bond motifs is 1. The highest BCUT2D eigenvalue weighted by Gasteiger charge is 2.12. The highest BCUT2D eigenvalue weighted by molar-refractivity contribution is 5.96. The lowest BCUT2D eigenvalue weighted by atomic mass is 10.0. The molecule has 4 heteroatoms. The molecule has 0 aliphatic carbocycles. The van der Waals surface area contributed by atoms with E-state index in [1.807, 2.05) is 67.6 Å². The van der Waals surface area contributed by atoms with Crippen LogP contribution in [-0.4, -0.2) is 25.0 Å². The van der Waals surface area contributed by atoms with Crippen LogP contribution in [-0.2, 0) is 9.53 Å². The molecule has 1 amide bonds. The average Bonchev–Trinajstić information content (AvgIpc) is 2.70. The van der Waals surface area contributed by atoms with Gasteiger partial charge in [0.25, 0.3) is 5.91 Å². The molecule has 0 fully saturated rings. The Balaban J connectivity index is 1.49. The van der Waals surface area contributed by atoms with Gasteiger partial charge in [-0.15, -0.1) is 0 Å². The fraction of sp³-hybridized carbons (Fsp3) is 0.182. The van der Waals surface area contributed by atoms with Crippen molar-refractivity contribution in [1.29, 1.82) is 0 Å². The molecule has 0 bridgehead atoms. The summed E-state index contributed by atoms with van der Waals surface area (Å²) in [6.07, 6.45) is 0. The van der Waals surface area contributed by atoms with Gasteiger partial charge in [-0.25, -0.2) is 4.79 Å². The molecule has 1 atom stereocenters. The molecule has 0 saturated carbocycles. The molecule has 0 heterocycles. The molecule has 3 rings (SSSR count). The van der Waals surface area contributed by atoms with Crippen molar-refractivity contribution in [1.82, 2.24) is 5.32 Å². The number of benzene rings is 3. The number of amides is 1. The van der Waals surface area contributed by atoms with Crippen LogP contribution in [0.3, 0.4) is 0 Å². The third-order valence-electron chi connectivity index (χ3n) is 4.29. The van der Waals surface area contributed by atoms with Gasteiger partial charge in [-0.05, 0) is 34.4 Å². The van der Waals surface area contributed by atoms with Crippen molar-refractivity contribution in [3.8, 4) is 0 Å². The van der Waals surface area contributed by atoms with E-state index in [2.05, 4.69) is 5.32 Å². The number of rotatable bonds is 6. The van der Waals surface area contributed by atoms with E-state index < -0.39 is 5.97 Å². The Kier molecular flexibility index (Phi) is 5.64. The zero-order chi connectivity index (χ0) is 18.4. The first kappa shape index (κ1) is 17.7. The monoisotopic (exact) mass is 347 g/mol. The first-order valence-electron chi connectivity index (χ1n) is 8.61. The van der Waals surface area contributed by atoms with Crippen molar-refractivity contribution < 1.29 is 14.3 Å². The van der Waals surface area contributed by atoms with Gasteiger partial charge in [0.05, 0.1) is 5.56 Å². The van der Waals surface area contributed by atoms with Gasteiger partial charge in [0.2, 0.25) is 0 Å². The van der Waals surface area contributed by atoms with Gasteiger partial charge in [0.15, 0.2) is 6.61 Å². The van der Waals surface area contributed by atoms with Crippen LogP contribution < -0.4 is 5.32 Å². The van der Waals surface area contributed by atoms with Gasteiger partial charge in [-0.1, -0.05) is 67.6 Å². The van der Waals surface area contributed by atoms with E-state index in [9.17, 15) is 9.59 Å². The van der Waals surface area contributed by atoms with Gasteiger partial charge >= 0.3 is 5.97 Å². The van der Waals surface area contributed by atoms with Gasteiger partial charge in [0.1, 0.15) is 0 Å². The Morgan fingerprint density at radius 2 is 1.62 bits per heavy atom. The molecule has 3 aromatic carbocycles. The number of hydrogen-bond donors (Lipinski definition) is 1. The second-order valence-corrected chi connectivity index (χ2v) is 6.25. The Morgan fingerprint density at radius 1 is 0.923 bits per heavy atom. The molecule has 4 nitrogen and oxygen atoms in total. The maximum Gasteiger partial charge on any atom is 0.338 e. The molecule has 132 valence electrons. The maximum absolute atomic E-state index is 12.2. The summed E-state index contributed by atoms with van der Waals surface area (Å²) in [5.41, 5.74) is 1.59. The summed E-state index contributed by atoms with van der Waals surface area (Å²) in [4.78, 5) is 24.1. The molecular weight excluding hydrogens is 326 g/mol. The third kappa shape index (κ3) is 4.48. The highest BCUT2D eigenvalue weighted by atomic mass is 16.5. The van der Waals surface area contributed by atoms with E-state index in [1.165, 1.54) is 0 Å². The van der Waals surface area contributed by atoms with Crippen molar-refractivity contribution in [2.45, 2.75) is 12.8 Å². The van der Waals surface area contributed by atoms with Crippen LogP contribution >= 0.6 is 0 Å². The smallest absolute Gasteiger partial charge is 0.338 e. The molecule has 0 aromatic heterocycles. The van der Waals surface area contributed by atoms with Crippen LogP contribution in [0, 0.1) is 0 Å². The average molecular weight is 347 g/mol. The Morgan fingerprint density at radius 3 is 2.38 bits per heavy atom. The standard InChI is InChI=1S/C22H21NO3/c1-16(17-7-3-2-4-8-17)14-23-21(24)15-26-22(25)20-12-11-18-9-5-6-10-19(18)13-20/h2-13,16H,14-15H2,1H3,(H,23,24)/t16-/m0/s1. The fourth-order valence-corrected chi connectivity index (χ4v) is 2.75. The van der Waals surface area contributed by atoms with Gasteiger partial charge in [-0.2, -0.15) is 0 Å². The largest absolute Gasteiger partial charge is 0.452 e. The number of nitrogens with one attached hydrogen (secondary N) is 1. The van der Waals surface area contributed by atoms with Crippen LogP contribution in [0.1, 0.15) is 28.8 Å². The number of esters is 1. The van der Waals surface area contributed by atoms with Gasteiger partial charge in [0, 0.05) is 6.54 Å². The summed E-state index contributed by atoms with van der Waals surface area (Å²) in [5, 5.41) is 4.81. The Hall–Kier alpha value is -3.14. The molecule has 1 N–H and O–H groups in total. The summed E-state index contributed by atoms with van der Waals surface area (Å²) in [6, 6.07) is 23.1. The lowest BCUT2D eigenvalue weighted by molar-refractivity contribution is -0.124. The number of carbonyl (C=O) groups is 2. The molecule has 0 aliphatic rings. The van der Waals surface area contributed by atoms with Crippen LogP contribution in [0.25, 0.3) is 10.8 Å². The molecule has 0 saturated heterocycles. The summed E-state index contributed by atoms with van der Waals surface area (Å²) < 4.78 is 5.13. The van der Waals surface area contributed by atoms with E-state index in [4.69, 9.17) is 4.74 Å². The zero-order valence-electron chi connectivity index (χ0n) is 14.6. The van der Waals surface area contributed by atoms with Crippen molar-refractivity contribution >= 4 is 22.6 Å². The minimum atomic E-state index is -0.498. The molecule has 0 aliphatic heterocycles. The predicted octanol–water partition coefficient (Wildman–Crippen LogP) is 3.92. The van der Waals surface area contributed by atoms with Crippen molar-refractivity contribution in [3.63, 3.8) is 0 Å². The minimum absolute atomic E-state index is 0.191. The molecule has 0 spiro atoms. The molecular formula is C22H21NO3. The zero-order valence-corrected chi connectivity index (χ0v) is 14.6. The van der Waals surface area contributed by atoms with E-state index in [-0.39, 0.29) is 18.4 Å². The van der Waals surface area contributed by atoms with E-state index in [1.54, 1.807) is 12.1 Å². The van der Waals surface area contributed by atoms with Gasteiger partial charge < -0.3 is 10.1 Å². The second kappa shape index (κ2) is 8.30. The topological polar surface area (TPSA) is 55.4 Å². The van der Waals surface area contributed by atoms with Crippen molar-refractivity contribution in [2.24, 2.45) is 0 Å². The first-order chi connectivity index (χ1) is 12.6. The SMILES string of the molecule is C[C@@H](CNC(=O)COC(=O)c1ccc2ccccc2c1)c1ccccc1. The number of ether oxygens (including phenoxy) is 1. The Labute approximate surface area is 152 Å². The molecule has 3 aromatic rings. The van der Waals surface area contributed by atoms with E-state index in [0.717, 1.165) is 16.3 Å². The molecule has 26 heavy (non-hydrogen) atoms. The lowest BCUT2D eigenvalue weighted by Gasteiger charge is -2.13. The summed E-state index contributed by atoms with van der Waals surface area (Å²) in [6.45, 7) is 2.25. The second-order valence-electron chi connectivity index (χ2n) is 6.25. The highest BCUT2D eigenvalue weighted by Crippen LogP contribution is 2.16. The first-order valence-corrected chi connectivity index (χ1v) is 8.61. The Bertz CT molecular complexity index is 905. The summed E-state index contributed by atoms with van der Waals surface area (Å²) in [7, 11) is 0. The predicted molar refractivity (Wildman–Crippen MR) is 102 cm³/mol. The lowest BCUT2D eigenvalue weighted by Crippen LogP contribution is -2.31. The van der Waals surface area contributed by atoms with Crippen LogP contribution in [0.4, 0.5) is 0 Å². The van der Waals surface area contributed by atoms with Crippen molar-refractivity contribution in [2.75, 3.05) is 13.2 Å². The maximum atomic E-state index is 12.2. The summed E-state index contributed by atoms with van der Waals surface area (Å²) in [5.74, 6) is -0.611. The van der Waals surface area contributed by atoms with E-state index in [0.29, 0.717) is 12.1 Å². The molecule has 0 radical (unpaired) electrons. The van der Waals surface area contributed by atoms with Crippen molar-refractivity contribution in [3.05, 3.63) is 83.9 Å². The van der Waals surface area contributed by atoms with Crippen LogP contribution in [0.15, 0.2) is 72.8 Å². The minimum Gasteiger partial charge on any atom is -0.452 e. The van der Waals surface area contributed by atoms with Crippen LogP contribution in [0.5, 0.6) is 0 Å². The summed E-state index contributed by atoms with van der Waals surface area (Å²) >= 11 is 0. The quantitative estimate of drug-likeness (QED) is 0.688. The fourth-order valence-electron chi connectivity index (χ4n) is 2.75. The third-order valence-corrected chi connectivity index (χ3v) is 4.29.